The first-order valence-corrected chi connectivity index (χ1v) is 5.37. The summed E-state index contributed by atoms with van der Waals surface area (Å²) in [4.78, 5) is 0. The fourth-order valence-electron chi connectivity index (χ4n) is 1.73. The second-order valence-corrected chi connectivity index (χ2v) is 3.88. The predicted molar refractivity (Wildman–Crippen MR) is 61.7 cm³/mol. The molecule has 0 aliphatic rings. The quantitative estimate of drug-likeness (QED) is 0.578. The molecule has 0 bridgehead atoms. The van der Waals surface area contributed by atoms with Crippen molar-refractivity contribution in [3.8, 4) is 0 Å². The Balaban J connectivity index is 2.94. The van der Waals surface area contributed by atoms with E-state index in [0.717, 1.165) is 11.1 Å². The molecule has 16 heavy (non-hydrogen) atoms. The SMILES string of the molecule is Cc1c(CO)cccc1C(O)C(O)CCN. The van der Waals surface area contributed by atoms with Gasteiger partial charge in [-0.05, 0) is 36.6 Å². The van der Waals surface area contributed by atoms with E-state index < -0.39 is 12.2 Å². The third-order valence-electron chi connectivity index (χ3n) is 2.80. The van der Waals surface area contributed by atoms with Gasteiger partial charge in [0.15, 0.2) is 0 Å². The van der Waals surface area contributed by atoms with E-state index in [1.807, 2.05) is 6.92 Å². The van der Waals surface area contributed by atoms with Crippen LogP contribution in [0.4, 0.5) is 0 Å². The maximum atomic E-state index is 9.93. The Morgan fingerprint density at radius 3 is 2.56 bits per heavy atom. The van der Waals surface area contributed by atoms with Crippen LogP contribution >= 0.6 is 0 Å². The van der Waals surface area contributed by atoms with Crippen LogP contribution in [0.5, 0.6) is 0 Å². The lowest BCUT2D eigenvalue weighted by molar-refractivity contribution is 0.0145. The van der Waals surface area contributed by atoms with E-state index in [9.17, 15) is 10.2 Å². The Hall–Kier alpha value is -0.940. The monoisotopic (exact) mass is 225 g/mol. The molecule has 0 saturated heterocycles. The lowest BCUT2D eigenvalue weighted by Crippen LogP contribution is -2.22. The van der Waals surface area contributed by atoms with Gasteiger partial charge in [0.05, 0.1) is 12.7 Å². The van der Waals surface area contributed by atoms with Gasteiger partial charge >= 0.3 is 0 Å². The van der Waals surface area contributed by atoms with Crippen molar-refractivity contribution in [2.75, 3.05) is 6.54 Å². The first kappa shape index (κ1) is 13.1. The van der Waals surface area contributed by atoms with Crippen molar-refractivity contribution in [3.05, 3.63) is 34.9 Å². The highest BCUT2D eigenvalue weighted by Gasteiger charge is 2.19. The van der Waals surface area contributed by atoms with Crippen molar-refractivity contribution in [1.29, 1.82) is 0 Å². The molecule has 2 unspecified atom stereocenters. The molecule has 90 valence electrons. The highest BCUT2D eigenvalue weighted by atomic mass is 16.3. The second kappa shape index (κ2) is 5.96. The van der Waals surface area contributed by atoms with Crippen LogP contribution in [0.3, 0.4) is 0 Å². The average molecular weight is 225 g/mol. The zero-order chi connectivity index (χ0) is 12.1. The fraction of sp³-hybridized carbons (Fsp3) is 0.500. The predicted octanol–water partition coefficient (Wildman–Crippen LogP) is 0.230. The Morgan fingerprint density at radius 2 is 2.00 bits per heavy atom. The van der Waals surface area contributed by atoms with Gasteiger partial charge in [-0.15, -0.1) is 0 Å². The molecule has 5 N–H and O–H groups in total. The summed E-state index contributed by atoms with van der Waals surface area (Å²) in [7, 11) is 0. The molecule has 4 nitrogen and oxygen atoms in total. The minimum absolute atomic E-state index is 0.0701. The molecule has 0 radical (unpaired) electrons. The zero-order valence-corrected chi connectivity index (χ0v) is 9.43. The van der Waals surface area contributed by atoms with Crippen molar-refractivity contribution < 1.29 is 15.3 Å². The lowest BCUT2D eigenvalue weighted by atomic mass is 9.95. The Labute approximate surface area is 95.3 Å². The summed E-state index contributed by atoms with van der Waals surface area (Å²) in [6.07, 6.45) is -1.46. The molecule has 0 fully saturated rings. The number of hydrogen-bond acceptors (Lipinski definition) is 4. The van der Waals surface area contributed by atoms with Crippen LogP contribution < -0.4 is 5.73 Å². The summed E-state index contributed by atoms with van der Waals surface area (Å²) in [6.45, 7) is 2.08. The summed E-state index contributed by atoms with van der Waals surface area (Å²) in [5.74, 6) is 0. The standard InChI is InChI=1S/C12H19NO3/c1-8-9(7-14)3-2-4-10(8)12(16)11(15)5-6-13/h2-4,11-12,14-16H,5-7,13H2,1H3. The van der Waals surface area contributed by atoms with Crippen LogP contribution in [0.15, 0.2) is 18.2 Å². The van der Waals surface area contributed by atoms with E-state index in [1.165, 1.54) is 0 Å². The van der Waals surface area contributed by atoms with Crippen LogP contribution in [-0.2, 0) is 6.61 Å². The highest BCUT2D eigenvalue weighted by molar-refractivity contribution is 5.35. The first-order chi connectivity index (χ1) is 7.61. The molecular formula is C12H19NO3. The van der Waals surface area contributed by atoms with Crippen LogP contribution in [0.1, 0.15) is 29.2 Å². The van der Waals surface area contributed by atoms with E-state index >= 15 is 0 Å². The number of nitrogens with two attached hydrogens (primary N) is 1. The summed E-state index contributed by atoms with van der Waals surface area (Å²) in [6, 6.07) is 5.30. The third-order valence-corrected chi connectivity index (χ3v) is 2.80. The molecule has 0 heterocycles. The van der Waals surface area contributed by atoms with Crippen molar-refractivity contribution in [3.63, 3.8) is 0 Å². The maximum absolute atomic E-state index is 9.93. The van der Waals surface area contributed by atoms with E-state index in [2.05, 4.69) is 0 Å². The van der Waals surface area contributed by atoms with Gasteiger partial charge in [-0.1, -0.05) is 18.2 Å². The molecule has 0 aliphatic carbocycles. The van der Waals surface area contributed by atoms with Gasteiger partial charge in [-0.2, -0.15) is 0 Å². The van der Waals surface area contributed by atoms with Gasteiger partial charge in [-0.25, -0.2) is 0 Å². The molecule has 1 rings (SSSR count). The van der Waals surface area contributed by atoms with E-state index in [4.69, 9.17) is 10.8 Å². The number of rotatable bonds is 5. The summed E-state index contributed by atoms with van der Waals surface area (Å²) >= 11 is 0. The van der Waals surface area contributed by atoms with Gasteiger partial charge in [0, 0.05) is 0 Å². The van der Waals surface area contributed by atoms with Gasteiger partial charge in [0.1, 0.15) is 6.10 Å². The third kappa shape index (κ3) is 2.80. The van der Waals surface area contributed by atoms with Crippen molar-refractivity contribution in [2.45, 2.75) is 32.2 Å². The Morgan fingerprint density at radius 1 is 1.31 bits per heavy atom. The minimum atomic E-state index is -0.949. The second-order valence-electron chi connectivity index (χ2n) is 3.88. The van der Waals surface area contributed by atoms with E-state index in [1.54, 1.807) is 18.2 Å². The van der Waals surface area contributed by atoms with Crippen molar-refractivity contribution in [1.82, 2.24) is 0 Å². The van der Waals surface area contributed by atoms with Crippen LogP contribution in [-0.4, -0.2) is 28.0 Å². The maximum Gasteiger partial charge on any atom is 0.105 e. The number of benzene rings is 1. The lowest BCUT2D eigenvalue weighted by Gasteiger charge is -2.20. The fourth-order valence-corrected chi connectivity index (χ4v) is 1.73. The van der Waals surface area contributed by atoms with Gasteiger partial charge in [0.25, 0.3) is 0 Å². The first-order valence-electron chi connectivity index (χ1n) is 5.37. The molecule has 0 saturated carbocycles. The molecule has 0 aromatic heterocycles. The highest BCUT2D eigenvalue weighted by Crippen LogP contribution is 2.24. The Bertz CT molecular complexity index is 341. The Kier molecular flexibility index (Phi) is 4.89. The summed E-state index contributed by atoms with van der Waals surface area (Å²) in [5.41, 5.74) is 7.55. The number of aliphatic hydroxyl groups excluding tert-OH is 3. The van der Waals surface area contributed by atoms with E-state index in [-0.39, 0.29) is 6.61 Å². The van der Waals surface area contributed by atoms with Gasteiger partial charge in [0.2, 0.25) is 0 Å². The number of hydrogen-bond donors (Lipinski definition) is 4. The minimum Gasteiger partial charge on any atom is -0.392 e. The van der Waals surface area contributed by atoms with Crippen LogP contribution in [0.25, 0.3) is 0 Å². The van der Waals surface area contributed by atoms with Crippen LogP contribution in [0, 0.1) is 6.92 Å². The van der Waals surface area contributed by atoms with Crippen LogP contribution in [0.2, 0.25) is 0 Å². The summed E-state index contributed by atoms with van der Waals surface area (Å²) < 4.78 is 0. The molecule has 2 atom stereocenters. The molecule has 1 aromatic rings. The van der Waals surface area contributed by atoms with Crippen molar-refractivity contribution in [2.24, 2.45) is 5.73 Å². The van der Waals surface area contributed by atoms with Gasteiger partial charge < -0.3 is 21.1 Å². The zero-order valence-electron chi connectivity index (χ0n) is 9.43. The molecule has 1 aromatic carbocycles. The molecular weight excluding hydrogens is 206 g/mol. The largest absolute Gasteiger partial charge is 0.392 e. The average Bonchev–Trinajstić information content (AvgIpc) is 2.29. The van der Waals surface area contributed by atoms with E-state index in [0.29, 0.717) is 18.5 Å². The topological polar surface area (TPSA) is 86.7 Å². The molecule has 0 amide bonds. The molecule has 0 spiro atoms. The normalized spacial score (nSPS) is 14.8. The molecule has 4 heteroatoms. The van der Waals surface area contributed by atoms with Gasteiger partial charge in [-0.3, -0.25) is 0 Å². The summed E-state index contributed by atoms with van der Waals surface area (Å²) in [5, 5.41) is 28.7. The van der Waals surface area contributed by atoms with Crippen molar-refractivity contribution >= 4 is 0 Å². The number of aliphatic hydroxyl groups is 3. The smallest absolute Gasteiger partial charge is 0.105 e. The molecule has 0 aliphatic heterocycles.